The first kappa shape index (κ1) is 19.3. The van der Waals surface area contributed by atoms with Gasteiger partial charge in [-0.15, -0.1) is 11.3 Å². The molecule has 2 N–H and O–H groups in total. The third-order valence-electron chi connectivity index (χ3n) is 3.22. The van der Waals surface area contributed by atoms with Crippen LogP contribution in [0.3, 0.4) is 0 Å². The molecule has 6 nitrogen and oxygen atoms in total. The van der Waals surface area contributed by atoms with Crippen molar-refractivity contribution in [3.63, 3.8) is 0 Å². The normalized spacial score (nSPS) is 11.7. The lowest BCUT2D eigenvalue weighted by molar-refractivity contribution is -0.120. The highest BCUT2D eigenvalue weighted by molar-refractivity contribution is 7.92. The number of aryl methyl sites for hydroxylation is 1. The Kier molecular flexibility index (Phi) is 7.30. The second kappa shape index (κ2) is 9.45. The predicted molar refractivity (Wildman–Crippen MR) is 101 cm³/mol. The summed E-state index contributed by atoms with van der Waals surface area (Å²) in [5, 5.41) is 6.81. The van der Waals surface area contributed by atoms with Gasteiger partial charge in [0.05, 0.1) is 5.01 Å². The van der Waals surface area contributed by atoms with Gasteiger partial charge in [0, 0.05) is 42.4 Å². The van der Waals surface area contributed by atoms with Crippen LogP contribution in [0.15, 0.2) is 41.1 Å². The second-order valence-corrected chi connectivity index (χ2v) is 7.98. The van der Waals surface area contributed by atoms with Crippen molar-refractivity contribution in [3.8, 4) is 0 Å². The number of nitrogens with zero attached hydrogens (tertiary/aromatic N) is 1. The summed E-state index contributed by atoms with van der Waals surface area (Å²) >= 11 is 1.56. The fourth-order valence-corrected chi connectivity index (χ4v) is 3.60. The number of thiazole rings is 1. The van der Waals surface area contributed by atoms with Crippen LogP contribution in [0.25, 0.3) is 6.08 Å². The smallest absolute Gasteiger partial charge is 0.233 e. The number of hydrogen-bond acceptors (Lipinski definition) is 5. The van der Waals surface area contributed by atoms with E-state index in [1.165, 1.54) is 6.08 Å². The van der Waals surface area contributed by atoms with Crippen LogP contribution in [0.2, 0.25) is 0 Å². The van der Waals surface area contributed by atoms with Gasteiger partial charge < -0.3 is 5.32 Å². The van der Waals surface area contributed by atoms with Crippen LogP contribution < -0.4 is 10.0 Å². The van der Waals surface area contributed by atoms with Crippen molar-refractivity contribution >= 4 is 33.3 Å². The van der Waals surface area contributed by atoms with Gasteiger partial charge in [-0.3, -0.25) is 4.79 Å². The molecule has 1 heterocycles. The van der Waals surface area contributed by atoms with Gasteiger partial charge in [0.15, 0.2) is 0 Å². The molecule has 8 heteroatoms. The molecule has 0 aliphatic rings. The lowest BCUT2D eigenvalue weighted by atomic mass is 10.2. The van der Waals surface area contributed by atoms with Crippen molar-refractivity contribution in [1.29, 1.82) is 0 Å². The first-order valence-corrected chi connectivity index (χ1v) is 10.3. The average molecular weight is 380 g/mol. The monoisotopic (exact) mass is 379 g/mol. The van der Waals surface area contributed by atoms with E-state index in [1.54, 1.807) is 11.3 Å². The number of benzene rings is 1. The van der Waals surface area contributed by atoms with Crippen molar-refractivity contribution in [1.82, 2.24) is 15.0 Å². The summed E-state index contributed by atoms with van der Waals surface area (Å²) in [7, 11) is -3.56. The lowest BCUT2D eigenvalue weighted by Gasteiger charge is -2.05. The van der Waals surface area contributed by atoms with Crippen LogP contribution in [0, 0.1) is 6.92 Å². The van der Waals surface area contributed by atoms with Crippen molar-refractivity contribution in [2.45, 2.75) is 19.8 Å². The first-order valence-electron chi connectivity index (χ1n) is 7.85. The zero-order chi connectivity index (χ0) is 18.1. The Labute approximate surface area is 152 Å². The van der Waals surface area contributed by atoms with E-state index in [2.05, 4.69) is 15.0 Å². The quantitative estimate of drug-likeness (QED) is 0.698. The van der Waals surface area contributed by atoms with Gasteiger partial charge in [0.2, 0.25) is 15.9 Å². The molecular weight excluding hydrogens is 358 g/mol. The largest absolute Gasteiger partial charge is 0.356 e. The summed E-state index contributed by atoms with van der Waals surface area (Å²) in [6, 6.07) is 9.14. The van der Waals surface area contributed by atoms with E-state index in [1.807, 2.05) is 42.6 Å². The molecule has 1 amide bonds. The first-order chi connectivity index (χ1) is 11.9. The minimum absolute atomic E-state index is 0.0592. The highest BCUT2D eigenvalue weighted by Gasteiger charge is 2.07. The molecule has 0 fully saturated rings. The number of carbonyl (C=O) groups excluding carboxylic acids is 1. The molecule has 0 bridgehead atoms. The number of nitrogens with one attached hydrogen (secondary N) is 2. The Hall–Kier alpha value is -2.03. The summed E-state index contributed by atoms with van der Waals surface area (Å²) in [4.78, 5) is 16.0. The van der Waals surface area contributed by atoms with Crippen molar-refractivity contribution in [2.24, 2.45) is 0 Å². The van der Waals surface area contributed by atoms with E-state index in [-0.39, 0.29) is 18.9 Å². The fourth-order valence-electron chi connectivity index (χ4n) is 2.00. The molecule has 0 unspecified atom stereocenters. The highest BCUT2D eigenvalue weighted by atomic mass is 32.2. The number of amides is 1. The topological polar surface area (TPSA) is 88.2 Å². The summed E-state index contributed by atoms with van der Waals surface area (Å²) < 4.78 is 26.1. The summed E-state index contributed by atoms with van der Waals surface area (Å²) in [5.41, 5.74) is 1.77. The minimum atomic E-state index is -3.56. The Bertz CT molecular complexity index is 815. The molecule has 0 radical (unpaired) electrons. The summed E-state index contributed by atoms with van der Waals surface area (Å²) in [5.74, 6) is -0.192. The molecule has 0 saturated heterocycles. The molecule has 1 aromatic carbocycles. The molecule has 0 aliphatic carbocycles. The SMILES string of the molecule is Cc1csc(CCNC(=O)CCNS(=O)(=O)/C=C/c2ccccc2)n1. The molecule has 0 aliphatic heterocycles. The van der Waals surface area contributed by atoms with Gasteiger partial charge in [-0.05, 0) is 18.6 Å². The van der Waals surface area contributed by atoms with Crippen LogP contribution in [-0.4, -0.2) is 32.4 Å². The Balaban J connectivity index is 1.66. The standard InChI is InChI=1S/C17H21N3O3S2/c1-14-13-24-17(20-14)8-10-18-16(21)7-11-19-25(22,23)12-9-15-5-3-2-4-6-15/h2-6,9,12-13,19H,7-8,10-11H2,1H3,(H,18,21)/b12-9+. The Morgan fingerprint density at radius 1 is 1.24 bits per heavy atom. The number of hydrogen-bond donors (Lipinski definition) is 2. The van der Waals surface area contributed by atoms with Crippen LogP contribution in [0.4, 0.5) is 0 Å². The average Bonchev–Trinajstić information content (AvgIpc) is 2.99. The van der Waals surface area contributed by atoms with Gasteiger partial charge in [-0.2, -0.15) is 0 Å². The van der Waals surface area contributed by atoms with Crippen LogP contribution in [0.5, 0.6) is 0 Å². The lowest BCUT2D eigenvalue weighted by Crippen LogP contribution is -2.30. The fraction of sp³-hybridized carbons (Fsp3) is 0.294. The van der Waals surface area contributed by atoms with Crippen molar-refractivity contribution in [2.75, 3.05) is 13.1 Å². The summed E-state index contributed by atoms with van der Waals surface area (Å²) in [6.07, 6.45) is 2.28. The van der Waals surface area contributed by atoms with E-state index >= 15 is 0 Å². The highest BCUT2D eigenvalue weighted by Crippen LogP contribution is 2.08. The zero-order valence-corrected chi connectivity index (χ0v) is 15.6. The van der Waals surface area contributed by atoms with Crippen LogP contribution in [0.1, 0.15) is 22.7 Å². The maximum Gasteiger partial charge on any atom is 0.233 e. The van der Waals surface area contributed by atoms with E-state index < -0.39 is 10.0 Å². The van der Waals surface area contributed by atoms with Gasteiger partial charge in [0.1, 0.15) is 0 Å². The number of sulfonamides is 1. The zero-order valence-electron chi connectivity index (χ0n) is 13.9. The summed E-state index contributed by atoms with van der Waals surface area (Å²) in [6.45, 7) is 2.48. The Morgan fingerprint density at radius 2 is 2.00 bits per heavy atom. The molecular formula is C17H21N3O3S2. The van der Waals surface area contributed by atoms with E-state index in [0.29, 0.717) is 13.0 Å². The Morgan fingerprint density at radius 3 is 2.68 bits per heavy atom. The van der Waals surface area contributed by atoms with Crippen molar-refractivity contribution < 1.29 is 13.2 Å². The number of rotatable bonds is 9. The van der Waals surface area contributed by atoms with E-state index in [9.17, 15) is 13.2 Å². The molecule has 0 saturated carbocycles. The van der Waals surface area contributed by atoms with Crippen molar-refractivity contribution in [3.05, 3.63) is 57.4 Å². The third kappa shape index (κ3) is 7.59. The minimum Gasteiger partial charge on any atom is -0.356 e. The molecule has 0 spiro atoms. The maximum atomic E-state index is 11.9. The molecule has 2 rings (SSSR count). The van der Waals surface area contributed by atoms with Gasteiger partial charge in [-0.25, -0.2) is 18.1 Å². The second-order valence-electron chi connectivity index (χ2n) is 5.39. The third-order valence-corrected chi connectivity index (χ3v) is 5.35. The van der Waals surface area contributed by atoms with Gasteiger partial charge in [-0.1, -0.05) is 30.3 Å². The molecule has 1 aromatic heterocycles. The predicted octanol–water partition coefficient (Wildman–Crippen LogP) is 2.09. The number of carbonyl (C=O) groups is 1. The van der Waals surface area contributed by atoms with Gasteiger partial charge >= 0.3 is 0 Å². The maximum absolute atomic E-state index is 11.9. The van der Waals surface area contributed by atoms with Gasteiger partial charge in [0.25, 0.3) is 0 Å². The van der Waals surface area contributed by atoms with E-state index in [4.69, 9.17) is 0 Å². The molecule has 134 valence electrons. The van der Waals surface area contributed by atoms with Crippen LogP contribution >= 0.6 is 11.3 Å². The van der Waals surface area contributed by atoms with Crippen LogP contribution in [-0.2, 0) is 21.2 Å². The molecule has 25 heavy (non-hydrogen) atoms. The van der Waals surface area contributed by atoms with E-state index in [0.717, 1.165) is 21.7 Å². The molecule has 0 atom stereocenters. The molecule has 2 aromatic rings. The number of aromatic nitrogens is 1.